The maximum atomic E-state index is 13.1. The van der Waals surface area contributed by atoms with Crippen molar-refractivity contribution in [2.75, 3.05) is 39.4 Å². The van der Waals surface area contributed by atoms with Crippen LogP contribution in [0.5, 0.6) is 0 Å². The first-order valence-electron chi connectivity index (χ1n) is 10.1. The number of carbonyl (C=O) groups is 1. The zero-order chi connectivity index (χ0) is 19.6. The highest BCUT2D eigenvalue weighted by Crippen LogP contribution is 2.26. The van der Waals surface area contributed by atoms with Gasteiger partial charge in [0.25, 0.3) is 0 Å². The first-order chi connectivity index (χ1) is 14.3. The Labute approximate surface area is 168 Å². The average Bonchev–Trinajstić information content (AvgIpc) is 3.18. The molecular formula is C20H24N6O3. The number of ether oxygens (including phenoxy) is 1. The SMILES string of the molecule is O=C1NC(N2CCOCC2)=NC(=N[C@@H]2CCCNC2)C1c1nc2ccccc2o1. The van der Waals surface area contributed by atoms with Crippen LogP contribution < -0.4 is 10.6 Å². The number of carbonyl (C=O) groups excluding carboxylic acids is 1. The molecule has 4 heterocycles. The number of hydrogen-bond donors (Lipinski definition) is 2. The third-order valence-corrected chi connectivity index (χ3v) is 5.43. The molecule has 9 nitrogen and oxygen atoms in total. The predicted octanol–water partition coefficient (Wildman–Crippen LogP) is 0.880. The largest absolute Gasteiger partial charge is 0.439 e. The van der Waals surface area contributed by atoms with Crippen molar-refractivity contribution < 1.29 is 13.9 Å². The molecule has 1 aromatic carbocycles. The zero-order valence-corrected chi connectivity index (χ0v) is 16.1. The van der Waals surface area contributed by atoms with E-state index in [-0.39, 0.29) is 11.9 Å². The molecule has 2 fully saturated rings. The monoisotopic (exact) mass is 396 g/mol. The fraction of sp³-hybridized carbons (Fsp3) is 0.500. The van der Waals surface area contributed by atoms with E-state index in [1.807, 2.05) is 29.2 Å². The normalized spacial score (nSPS) is 27.2. The van der Waals surface area contributed by atoms with Gasteiger partial charge in [-0.05, 0) is 31.5 Å². The molecule has 3 aliphatic rings. The summed E-state index contributed by atoms with van der Waals surface area (Å²) in [5.74, 6) is 0.365. The first kappa shape index (κ1) is 18.3. The molecule has 0 saturated carbocycles. The molecule has 1 aromatic heterocycles. The van der Waals surface area contributed by atoms with Gasteiger partial charge in [-0.1, -0.05) is 12.1 Å². The van der Waals surface area contributed by atoms with Crippen molar-refractivity contribution in [3.8, 4) is 0 Å². The molecule has 0 radical (unpaired) electrons. The molecule has 0 bridgehead atoms. The van der Waals surface area contributed by atoms with Crippen LogP contribution in [-0.4, -0.2) is 73.0 Å². The summed E-state index contributed by atoms with van der Waals surface area (Å²) in [6.07, 6.45) is 2.03. The van der Waals surface area contributed by atoms with Crippen molar-refractivity contribution in [2.45, 2.75) is 24.8 Å². The molecule has 1 unspecified atom stereocenters. The smallest absolute Gasteiger partial charge is 0.246 e. The van der Waals surface area contributed by atoms with Crippen LogP contribution in [0.3, 0.4) is 0 Å². The molecule has 2 N–H and O–H groups in total. The maximum Gasteiger partial charge on any atom is 0.246 e. The lowest BCUT2D eigenvalue weighted by molar-refractivity contribution is -0.120. The molecule has 0 aliphatic carbocycles. The Morgan fingerprint density at radius 1 is 1.21 bits per heavy atom. The van der Waals surface area contributed by atoms with Crippen LogP contribution in [-0.2, 0) is 9.53 Å². The van der Waals surface area contributed by atoms with Gasteiger partial charge < -0.3 is 19.4 Å². The van der Waals surface area contributed by atoms with Gasteiger partial charge in [-0.15, -0.1) is 0 Å². The summed E-state index contributed by atoms with van der Waals surface area (Å²) in [4.78, 5) is 29.3. The van der Waals surface area contributed by atoms with Gasteiger partial charge in [-0.2, -0.15) is 4.99 Å². The van der Waals surface area contributed by atoms with Gasteiger partial charge in [-0.25, -0.2) is 4.98 Å². The van der Waals surface area contributed by atoms with Crippen molar-refractivity contribution in [2.24, 2.45) is 9.98 Å². The highest BCUT2D eigenvalue weighted by Gasteiger charge is 2.38. The van der Waals surface area contributed by atoms with E-state index in [2.05, 4.69) is 15.6 Å². The molecule has 1 amide bonds. The zero-order valence-electron chi connectivity index (χ0n) is 16.1. The van der Waals surface area contributed by atoms with Crippen LogP contribution in [0.15, 0.2) is 38.7 Å². The quantitative estimate of drug-likeness (QED) is 0.781. The van der Waals surface area contributed by atoms with Crippen LogP contribution >= 0.6 is 0 Å². The number of morpholine rings is 1. The van der Waals surface area contributed by atoms with E-state index in [4.69, 9.17) is 19.1 Å². The number of aliphatic imine (C=N–C) groups is 2. The number of guanidine groups is 1. The number of rotatable bonds is 2. The average molecular weight is 396 g/mol. The van der Waals surface area contributed by atoms with E-state index in [0.717, 1.165) is 31.4 Å². The van der Waals surface area contributed by atoms with Crippen molar-refractivity contribution in [1.82, 2.24) is 20.5 Å². The fourth-order valence-electron chi connectivity index (χ4n) is 3.90. The first-order valence-corrected chi connectivity index (χ1v) is 10.1. The molecule has 29 heavy (non-hydrogen) atoms. The second-order valence-electron chi connectivity index (χ2n) is 7.46. The number of nitrogens with one attached hydrogen (secondary N) is 2. The Kier molecular flexibility index (Phi) is 4.99. The van der Waals surface area contributed by atoms with E-state index in [1.54, 1.807) is 0 Å². The number of piperidine rings is 1. The topological polar surface area (TPSA) is 104 Å². The number of oxazole rings is 1. The number of aromatic nitrogens is 1. The lowest BCUT2D eigenvalue weighted by atomic mass is 10.0. The van der Waals surface area contributed by atoms with Crippen molar-refractivity contribution in [1.29, 1.82) is 0 Å². The van der Waals surface area contributed by atoms with Gasteiger partial charge in [0, 0.05) is 19.6 Å². The summed E-state index contributed by atoms with van der Waals surface area (Å²) in [6, 6.07) is 7.58. The Bertz CT molecular complexity index is 923. The number of hydrogen-bond acceptors (Lipinski definition) is 7. The Morgan fingerprint density at radius 3 is 2.86 bits per heavy atom. The third kappa shape index (κ3) is 3.75. The second-order valence-corrected chi connectivity index (χ2v) is 7.46. The molecule has 9 heteroatoms. The molecule has 0 spiro atoms. The van der Waals surface area contributed by atoms with E-state index in [0.29, 0.717) is 49.6 Å². The predicted molar refractivity (Wildman–Crippen MR) is 108 cm³/mol. The summed E-state index contributed by atoms with van der Waals surface area (Å²) in [7, 11) is 0. The number of benzene rings is 1. The van der Waals surface area contributed by atoms with Crippen molar-refractivity contribution in [3.05, 3.63) is 30.2 Å². The van der Waals surface area contributed by atoms with Crippen LogP contribution in [0, 0.1) is 0 Å². The van der Waals surface area contributed by atoms with E-state index in [1.165, 1.54) is 0 Å². The second kappa shape index (κ2) is 7.92. The Hall–Kier alpha value is -2.78. The summed E-state index contributed by atoms with van der Waals surface area (Å²) in [6.45, 7) is 4.38. The van der Waals surface area contributed by atoms with Crippen LogP contribution in [0.25, 0.3) is 11.1 Å². The highest BCUT2D eigenvalue weighted by molar-refractivity contribution is 6.20. The molecule has 2 atom stereocenters. The van der Waals surface area contributed by atoms with Gasteiger partial charge in [0.1, 0.15) is 11.4 Å². The number of nitrogens with zero attached hydrogens (tertiary/aromatic N) is 4. The van der Waals surface area contributed by atoms with Gasteiger partial charge in [0.15, 0.2) is 11.5 Å². The minimum absolute atomic E-state index is 0.0891. The van der Waals surface area contributed by atoms with Gasteiger partial charge in [0.05, 0.1) is 19.3 Å². The van der Waals surface area contributed by atoms with E-state index < -0.39 is 5.92 Å². The number of amidine groups is 1. The van der Waals surface area contributed by atoms with Crippen LogP contribution in [0.1, 0.15) is 24.7 Å². The number of fused-ring (bicyclic) bond motifs is 1. The third-order valence-electron chi connectivity index (χ3n) is 5.43. The van der Waals surface area contributed by atoms with Crippen molar-refractivity contribution in [3.63, 3.8) is 0 Å². The molecule has 152 valence electrons. The van der Waals surface area contributed by atoms with E-state index >= 15 is 0 Å². The highest BCUT2D eigenvalue weighted by atomic mass is 16.5. The molecule has 2 saturated heterocycles. The lowest BCUT2D eigenvalue weighted by Crippen LogP contribution is -2.54. The number of amides is 1. The Balaban J connectivity index is 1.53. The fourth-order valence-corrected chi connectivity index (χ4v) is 3.90. The summed E-state index contributed by atoms with van der Waals surface area (Å²) < 4.78 is 11.3. The minimum Gasteiger partial charge on any atom is -0.439 e. The Morgan fingerprint density at radius 2 is 2.07 bits per heavy atom. The summed E-state index contributed by atoms with van der Waals surface area (Å²) >= 11 is 0. The van der Waals surface area contributed by atoms with Gasteiger partial charge in [0.2, 0.25) is 17.8 Å². The van der Waals surface area contributed by atoms with Gasteiger partial charge >= 0.3 is 0 Å². The maximum absolute atomic E-state index is 13.1. The number of para-hydroxylation sites is 2. The molecule has 2 aromatic rings. The van der Waals surface area contributed by atoms with E-state index in [9.17, 15) is 4.79 Å². The van der Waals surface area contributed by atoms with Crippen LogP contribution in [0.4, 0.5) is 0 Å². The van der Waals surface area contributed by atoms with Crippen molar-refractivity contribution >= 4 is 28.8 Å². The minimum atomic E-state index is -0.755. The standard InChI is InChI=1S/C20H24N6O3/c27-18-16(19-23-14-5-1-2-6-15(14)29-19)17(22-13-4-3-7-21-12-13)24-20(25-18)26-8-10-28-11-9-26/h1-2,5-6,13,16,21H,3-4,7-12H2,(H,22,24,25,27)/t13-,16?/m1/s1. The molecule has 5 rings (SSSR count). The lowest BCUT2D eigenvalue weighted by Gasteiger charge is -2.33. The summed E-state index contributed by atoms with van der Waals surface area (Å²) in [5.41, 5.74) is 1.37. The summed E-state index contributed by atoms with van der Waals surface area (Å²) in [5, 5.41) is 6.30. The molecular weight excluding hydrogens is 372 g/mol. The van der Waals surface area contributed by atoms with Crippen LogP contribution in [0.2, 0.25) is 0 Å². The van der Waals surface area contributed by atoms with Gasteiger partial charge in [-0.3, -0.25) is 15.1 Å². The molecule has 3 aliphatic heterocycles.